The lowest BCUT2D eigenvalue weighted by atomic mass is 10.2. The molecular weight excluding hydrogens is 164 g/mol. The summed E-state index contributed by atoms with van der Waals surface area (Å²) in [4.78, 5) is 13.1. The topological polar surface area (TPSA) is 32.3 Å². The zero-order valence-electron chi connectivity index (χ0n) is 9.00. The van der Waals surface area contributed by atoms with E-state index in [1.165, 1.54) is 12.8 Å². The van der Waals surface area contributed by atoms with Crippen LogP contribution in [0.4, 0.5) is 0 Å². The third kappa shape index (κ3) is 2.69. The molecule has 0 heterocycles. The average Bonchev–Trinajstić information content (AvgIpc) is 2.81. The fraction of sp³-hybridized carbons (Fsp3) is 0.900. The zero-order chi connectivity index (χ0) is 10.0. The van der Waals surface area contributed by atoms with Crippen LogP contribution < -0.4 is 5.32 Å². The Morgan fingerprint density at radius 2 is 2.23 bits per heavy atom. The van der Waals surface area contributed by atoms with E-state index in [9.17, 15) is 4.79 Å². The van der Waals surface area contributed by atoms with Gasteiger partial charge in [-0.15, -0.1) is 0 Å². The summed E-state index contributed by atoms with van der Waals surface area (Å²) in [6, 6.07) is 0.556. The van der Waals surface area contributed by atoms with Crippen LogP contribution in [0.15, 0.2) is 0 Å². The summed E-state index contributed by atoms with van der Waals surface area (Å²) in [5.41, 5.74) is 0. The fourth-order valence-electron chi connectivity index (χ4n) is 1.68. The van der Waals surface area contributed by atoms with Crippen molar-refractivity contribution >= 4 is 5.91 Å². The smallest absolute Gasteiger partial charge is 0.238 e. The Balaban J connectivity index is 2.26. The van der Waals surface area contributed by atoms with Crippen molar-refractivity contribution in [1.82, 2.24) is 10.2 Å². The standard InChI is InChI=1S/C10H20N2O/c1-5-8-6-9(8)11-7(2)10(13)12(3)4/h7-9,11H,5-6H2,1-4H3. The third-order valence-corrected chi connectivity index (χ3v) is 2.72. The van der Waals surface area contributed by atoms with E-state index in [1.54, 1.807) is 19.0 Å². The van der Waals surface area contributed by atoms with E-state index in [1.807, 2.05) is 6.92 Å². The SMILES string of the molecule is CCC1CC1NC(C)C(=O)N(C)C. The highest BCUT2D eigenvalue weighted by atomic mass is 16.2. The summed E-state index contributed by atoms with van der Waals surface area (Å²) < 4.78 is 0. The van der Waals surface area contributed by atoms with Crippen molar-refractivity contribution in [3.63, 3.8) is 0 Å². The molecule has 0 aromatic carbocycles. The number of hydrogen-bond acceptors (Lipinski definition) is 2. The molecule has 0 spiro atoms. The Morgan fingerprint density at radius 1 is 1.62 bits per heavy atom. The zero-order valence-corrected chi connectivity index (χ0v) is 9.00. The van der Waals surface area contributed by atoms with Gasteiger partial charge in [0.2, 0.25) is 5.91 Å². The lowest BCUT2D eigenvalue weighted by molar-refractivity contribution is -0.130. The minimum Gasteiger partial charge on any atom is -0.347 e. The second-order valence-corrected chi connectivity index (χ2v) is 4.13. The van der Waals surface area contributed by atoms with Crippen molar-refractivity contribution in [2.75, 3.05) is 14.1 Å². The highest BCUT2D eigenvalue weighted by molar-refractivity contribution is 5.80. The van der Waals surface area contributed by atoms with Crippen molar-refractivity contribution in [3.8, 4) is 0 Å². The van der Waals surface area contributed by atoms with Gasteiger partial charge in [0.25, 0.3) is 0 Å². The van der Waals surface area contributed by atoms with Crippen LogP contribution in [-0.2, 0) is 4.79 Å². The minimum atomic E-state index is -0.0310. The van der Waals surface area contributed by atoms with Gasteiger partial charge in [0.1, 0.15) is 0 Å². The molecule has 0 radical (unpaired) electrons. The summed E-state index contributed by atoms with van der Waals surface area (Å²) in [5.74, 6) is 0.971. The maximum atomic E-state index is 11.5. The molecule has 76 valence electrons. The lowest BCUT2D eigenvalue weighted by Gasteiger charge is -2.17. The number of amides is 1. The van der Waals surface area contributed by atoms with Crippen LogP contribution in [0.5, 0.6) is 0 Å². The van der Waals surface area contributed by atoms with Gasteiger partial charge in [-0.1, -0.05) is 13.3 Å². The van der Waals surface area contributed by atoms with Gasteiger partial charge < -0.3 is 10.2 Å². The van der Waals surface area contributed by atoms with Gasteiger partial charge in [-0.25, -0.2) is 0 Å². The molecular formula is C10H20N2O. The largest absolute Gasteiger partial charge is 0.347 e. The van der Waals surface area contributed by atoms with Gasteiger partial charge in [0.15, 0.2) is 0 Å². The molecule has 3 nitrogen and oxygen atoms in total. The maximum Gasteiger partial charge on any atom is 0.238 e. The Labute approximate surface area is 80.5 Å². The van der Waals surface area contributed by atoms with Crippen molar-refractivity contribution in [3.05, 3.63) is 0 Å². The van der Waals surface area contributed by atoms with Crippen molar-refractivity contribution in [2.45, 2.75) is 38.8 Å². The van der Waals surface area contributed by atoms with Crippen LogP contribution in [0.3, 0.4) is 0 Å². The molecule has 1 rings (SSSR count). The van der Waals surface area contributed by atoms with Crippen LogP contribution >= 0.6 is 0 Å². The van der Waals surface area contributed by atoms with Gasteiger partial charge in [-0.2, -0.15) is 0 Å². The van der Waals surface area contributed by atoms with Gasteiger partial charge in [-0.05, 0) is 19.3 Å². The molecule has 3 unspecified atom stereocenters. The Bertz CT molecular complexity index is 191. The second-order valence-electron chi connectivity index (χ2n) is 4.13. The number of rotatable bonds is 4. The number of carbonyl (C=O) groups is 1. The minimum absolute atomic E-state index is 0.0310. The highest BCUT2D eigenvalue weighted by Crippen LogP contribution is 2.33. The predicted octanol–water partition coefficient (Wildman–Crippen LogP) is 0.851. The first-order chi connectivity index (χ1) is 6.06. The third-order valence-electron chi connectivity index (χ3n) is 2.72. The Morgan fingerprint density at radius 3 is 2.62 bits per heavy atom. The number of nitrogens with zero attached hydrogens (tertiary/aromatic N) is 1. The molecule has 3 heteroatoms. The molecule has 0 bridgehead atoms. The van der Waals surface area contributed by atoms with Crippen molar-refractivity contribution in [1.29, 1.82) is 0 Å². The Hall–Kier alpha value is -0.570. The van der Waals surface area contributed by atoms with Gasteiger partial charge in [0, 0.05) is 20.1 Å². The molecule has 13 heavy (non-hydrogen) atoms. The lowest BCUT2D eigenvalue weighted by Crippen LogP contribution is -2.42. The molecule has 1 fully saturated rings. The molecule has 1 aliphatic rings. The normalized spacial score (nSPS) is 28.3. The van der Waals surface area contributed by atoms with Crippen LogP contribution in [0.25, 0.3) is 0 Å². The predicted molar refractivity (Wildman–Crippen MR) is 53.5 cm³/mol. The van der Waals surface area contributed by atoms with Gasteiger partial charge in [0.05, 0.1) is 6.04 Å². The number of hydrogen-bond donors (Lipinski definition) is 1. The van der Waals surface area contributed by atoms with E-state index >= 15 is 0 Å². The molecule has 1 amide bonds. The first-order valence-corrected chi connectivity index (χ1v) is 5.03. The quantitative estimate of drug-likeness (QED) is 0.702. The maximum absolute atomic E-state index is 11.5. The van der Waals surface area contributed by atoms with Crippen LogP contribution in [0.2, 0.25) is 0 Å². The summed E-state index contributed by atoms with van der Waals surface area (Å²) in [6.07, 6.45) is 2.46. The summed E-state index contributed by atoms with van der Waals surface area (Å²) in [7, 11) is 3.59. The summed E-state index contributed by atoms with van der Waals surface area (Å²) >= 11 is 0. The molecule has 0 aliphatic heterocycles. The van der Waals surface area contributed by atoms with Crippen LogP contribution in [-0.4, -0.2) is 37.0 Å². The Kier molecular flexibility index (Phi) is 3.31. The van der Waals surface area contributed by atoms with E-state index in [-0.39, 0.29) is 11.9 Å². The molecule has 3 atom stereocenters. The molecule has 0 aromatic rings. The van der Waals surface area contributed by atoms with Crippen LogP contribution in [0.1, 0.15) is 26.7 Å². The number of carbonyl (C=O) groups excluding carboxylic acids is 1. The molecule has 1 saturated carbocycles. The number of nitrogens with one attached hydrogen (secondary N) is 1. The van der Waals surface area contributed by atoms with Crippen LogP contribution in [0, 0.1) is 5.92 Å². The summed E-state index contributed by atoms with van der Waals surface area (Å²) in [5, 5.41) is 3.34. The average molecular weight is 184 g/mol. The number of likely N-dealkylation sites (N-methyl/N-ethyl adjacent to an activating group) is 1. The molecule has 1 N–H and O–H groups in total. The van der Waals surface area contributed by atoms with Gasteiger partial charge in [-0.3, -0.25) is 4.79 Å². The summed E-state index contributed by atoms with van der Waals surface area (Å²) in [6.45, 7) is 4.14. The first kappa shape index (κ1) is 10.5. The van der Waals surface area contributed by atoms with Gasteiger partial charge >= 0.3 is 0 Å². The van der Waals surface area contributed by atoms with Crippen molar-refractivity contribution in [2.24, 2.45) is 5.92 Å². The molecule has 0 saturated heterocycles. The molecule has 1 aliphatic carbocycles. The monoisotopic (exact) mass is 184 g/mol. The highest BCUT2D eigenvalue weighted by Gasteiger charge is 2.36. The fourth-order valence-corrected chi connectivity index (χ4v) is 1.68. The van der Waals surface area contributed by atoms with E-state index in [0.29, 0.717) is 6.04 Å². The second kappa shape index (κ2) is 4.09. The van der Waals surface area contributed by atoms with E-state index in [2.05, 4.69) is 12.2 Å². The van der Waals surface area contributed by atoms with E-state index < -0.39 is 0 Å². The van der Waals surface area contributed by atoms with E-state index in [0.717, 1.165) is 5.92 Å². The van der Waals surface area contributed by atoms with Crippen molar-refractivity contribution < 1.29 is 4.79 Å². The first-order valence-electron chi connectivity index (χ1n) is 5.03. The van der Waals surface area contributed by atoms with E-state index in [4.69, 9.17) is 0 Å². The molecule has 0 aromatic heterocycles.